The number of amides is 1. The summed E-state index contributed by atoms with van der Waals surface area (Å²) in [6.45, 7) is 11.8. The first-order valence-corrected chi connectivity index (χ1v) is 17.8. The van der Waals surface area contributed by atoms with E-state index in [0.717, 1.165) is 59.0 Å². The number of ether oxygens (including phenoxy) is 2. The average Bonchev–Trinajstić information content (AvgIpc) is 3.49. The molecular formula is C30H40N4O4SSi. The van der Waals surface area contributed by atoms with Gasteiger partial charge in [-0.15, -0.1) is 0 Å². The number of benzene rings is 1. The lowest BCUT2D eigenvalue weighted by atomic mass is 9.80. The number of aromatic nitrogens is 3. The lowest BCUT2D eigenvalue weighted by Crippen LogP contribution is -2.46. The van der Waals surface area contributed by atoms with Crippen molar-refractivity contribution in [1.29, 1.82) is 0 Å². The number of hydrogen-bond donors (Lipinski definition) is 1. The summed E-state index contributed by atoms with van der Waals surface area (Å²) in [5.41, 5.74) is 3.95. The fourth-order valence-corrected chi connectivity index (χ4v) is 7.21. The molecule has 2 fully saturated rings. The van der Waals surface area contributed by atoms with Crippen molar-refractivity contribution >= 4 is 40.9 Å². The van der Waals surface area contributed by atoms with Crippen LogP contribution in [0.1, 0.15) is 58.7 Å². The number of carbonyl (C=O) groups excluding carboxylic acids is 1. The molecule has 2 aromatic heterocycles. The van der Waals surface area contributed by atoms with E-state index in [0.29, 0.717) is 17.6 Å². The summed E-state index contributed by atoms with van der Waals surface area (Å²) in [6.07, 6.45) is 10.3. The second-order valence-electron chi connectivity index (χ2n) is 12.4. The van der Waals surface area contributed by atoms with Crippen LogP contribution in [0.2, 0.25) is 18.1 Å². The number of thiazole rings is 1. The monoisotopic (exact) mass is 580 g/mol. The average molecular weight is 581 g/mol. The standard InChI is InChI=1S/C30H40N4O4SSi/c1-30(2,3)40(5,6)38-25-9-7-8-24(25)37-18-27-31-15-22(16-32-27)20-10-11-23-26(14-20)39-29(33-23)34-28(35)21-12-19(13-21)17-36-4/h10-11,14-17,21,24-25H,7-9,12-13,18H2,1-6H3,(H,33,34,35)/t21?,24-,25-/m0/s1. The predicted octanol–water partition coefficient (Wildman–Crippen LogP) is 7.09. The number of rotatable bonds is 9. The minimum atomic E-state index is -1.84. The van der Waals surface area contributed by atoms with Crippen molar-refractivity contribution in [3.63, 3.8) is 0 Å². The van der Waals surface area contributed by atoms with Gasteiger partial charge in [0.2, 0.25) is 5.91 Å². The Kier molecular flexibility index (Phi) is 8.42. The highest BCUT2D eigenvalue weighted by atomic mass is 32.1. The highest BCUT2D eigenvalue weighted by Gasteiger charge is 2.42. The summed E-state index contributed by atoms with van der Waals surface area (Å²) < 4.78 is 19.0. The van der Waals surface area contributed by atoms with E-state index in [2.05, 4.69) is 60.2 Å². The van der Waals surface area contributed by atoms with Crippen LogP contribution in [0.4, 0.5) is 5.13 Å². The van der Waals surface area contributed by atoms with Crippen molar-refractivity contribution in [2.45, 2.75) is 89.8 Å². The van der Waals surface area contributed by atoms with Gasteiger partial charge in [-0.2, -0.15) is 0 Å². The summed E-state index contributed by atoms with van der Waals surface area (Å²) in [5, 5.41) is 3.78. The van der Waals surface area contributed by atoms with Gasteiger partial charge in [-0.1, -0.05) is 38.2 Å². The SMILES string of the molecule is COC=C1CC(C(=O)Nc2nc3ccc(-c4cnc(CO[C@H]5CCC[C@@H]5O[Si](C)(C)C(C)(C)C)nc4)cc3s2)C1. The first-order chi connectivity index (χ1) is 19.0. The van der Waals surface area contributed by atoms with Crippen molar-refractivity contribution in [3.05, 3.63) is 48.3 Å². The minimum Gasteiger partial charge on any atom is -0.504 e. The van der Waals surface area contributed by atoms with Crippen LogP contribution < -0.4 is 5.32 Å². The number of methoxy groups -OCH3 is 1. The fraction of sp³-hybridized carbons (Fsp3) is 0.533. The summed E-state index contributed by atoms with van der Waals surface area (Å²) in [4.78, 5) is 26.3. The largest absolute Gasteiger partial charge is 0.504 e. The van der Waals surface area contributed by atoms with Crippen LogP contribution in [0.3, 0.4) is 0 Å². The zero-order valence-electron chi connectivity index (χ0n) is 24.3. The predicted molar refractivity (Wildman–Crippen MR) is 162 cm³/mol. The van der Waals surface area contributed by atoms with E-state index in [9.17, 15) is 4.79 Å². The molecule has 0 spiro atoms. The van der Waals surface area contributed by atoms with Gasteiger partial charge in [0.25, 0.3) is 0 Å². The molecule has 40 heavy (non-hydrogen) atoms. The quantitative estimate of drug-likeness (QED) is 0.213. The lowest BCUT2D eigenvalue weighted by Gasteiger charge is -2.39. The first kappa shape index (κ1) is 28.9. The molecule has 0 unspecified atom stereocenters. The van der Waals surface area contributed by atoms with E-state index in [1.807, 2.05) is 24.5 Å². The number of nitrogens with one attached hydrogen (secondary N) is 1. The molecule has 1 aromatic carbocycles. The summed E-state index contributed by atoms with van der Waals surface area (Å²) in [5.74, 6) is 0.659. The van der Waals surface area contributed by atoms with E-state index < -0.39 is 8.32 Å². The zero-order valence-corrected chi connectivity index (χ0v) is 26.1. The zero-order chi connectivity index (χ0) is 28.5. The molecule has 1 N–H and O–H groups in total. The number of anilines is 1. The number of nitrogens with zero attached hydrogens (tertiary/aromatic N) is 3. The Labute approximate surface area is 241 Å². The molecule has 2 atom stereocenters. The molecular weight excluding hydrogens is 541 g/mol. The Morgan fingerprint density at radius 1 is 1.12 bits per heavy atom. The minimum absolute atomic E-state index is 0.00854. The molecule has 2 aliphatic carbocycles. The van der Waals surface area contributed by atoms with Crippen molar-refractivity contribution in [2.24, 2.45) is 5.92 Å². The molecule has 2 saturated carbocycles. The van der Waals surface area contributed by atoms with Crippen LogP contribution in [0, 0.1) is 5.92 Å². The van der Waals surface area contributed by atoms with E-state index in [1.165, 1.54) is 11.3 Å². The second-order valence-corrected chi connectivity index (χ2v) is 18.2. The van der Waals surface area contributed by atoms with Crippen molar-refractivity contribution in [3.8, 4) is 11.1 Å². The van der Waals surface area contributed by atoms with Gasteiger partial charge in [0.05, 0.1) is 35.8 Å². The maximum absolute atomic E-state index is 12.6. The third kappa shape index (κ3) is 6.46. The maximum atomic E-state index is 12.6. The van der Waals surface area contributed by atoms with Crippen molar-refractivity contribution in [1.82, 2.24) is 15.0 Å². The van der Waals surface area contributed by atoms with Gasteiger partial charge in [0, 0.05) is 23.9 Å². The second kappa shape index (κ2) is 11.7. The first-order valence-electron chi connectivity index (χ1n) is 14.1. The molecule has 10 heteroatoms. The van der Waals surface area contributed by atoms with Gasteiger partial charge in [0.1, 0.15) is 6.61 Å². The summed E-state index contributed by atoms with van der Waals surface area (Å²) in [6, 6.07) is 6.05. The van der Waals surface area contributed by atoms with Gasteiger partial charge in [-0.05, 0) is 73.5 Å². The lowest BCUT2D eigenvalue weighted by molar-refractivity contribution is -0.121. The summed E-state index contributed by atoms with van der Waals surface area (Å²) in [7, 11) is -0.215. The molecule has 3 aromatic rings. The van der Waals surface area contributed by atoms with Gasteiger partial charge in [-0.3, -0.25) is 4.79 Å². The molecule has 0 aliphatic heterocycles. The molecule has 5 rings (SSSR count). The smallest absolute Gasteiger partial charge is 0.229 e. The normalized spacial score (nSPS) is 21.4. The Morgan fingerprint density at radius 3 is 2.55 bits per heavy atom. The Bertz CT molecular complexity index is 1370. The number of hydrogen-bond acceptors (Lipinski definition) is 8. The highest BCUT2D eigenvalue weighted by molar-refractivity contribution is 7.22. The van der Waals surface area contributed by atoms with E-state index in [4.69, 9.17) is 13.9 Å². The molecule has 0 radical (unpaired) electrons. The van der Waals surface area contributed by atoms with E-state index in [1.54, 1.807) is 13.4 Å². The molecule has 1 amide bonds. The van der Waals surface area contributed by atoms with Gasteiger partial charge in [-0.25, -0.2) is 15.0 Å². The Hall–Kier alpha value is -2.66. The number of allylic oxidation sites excluding steroid dienone is 1. The maximum Gasteiger partial charge on any atom is 0.229 e. The van der Waals surface area contributed by atoms with E-state index >= 15 is 0 Å². The Morgan fingerprint density at radius 2 is 1.85 bits per heavy atom. The van der Waals surface area contributed by atoms with Gasteiger partial charge >= 0.3 is 0 Å². The van der Waals surface area contributed by atoms with Crippen molar-refractivity contribution in [2.75, 3.05) is 12.4 Å². The third-order valence-corrected chi connectivity index (χ3v) is 13.8. The third-order valence-electron chi connectivity index (χ3n) is 8.40. The number of carbonyl (C=O) groups is 1. The highest BCUT2D eigenvalue weighted by Crippen LogP contribution is 2.40. The van der Waals surface area contributed by atoms with Crippen LogP contribution in [0.15, 0.2) is 42.4 Å². The molecule has 8 nitrogen and oxygen atoms in total. The van der Waals surface area contributed by atoms with Crippen LogP contribution >= 0.6 is 11.3 Å². The Balaban J connectivity index is 1.17. The molecule has 0 bridgehead atoms. The van der Waals surface area contributed by atoms with Gasteiger partial charge in [0.15, 0.2) is 19.3 Å². The molecule has 2 aliphatic rings. The fourth-order valence-electron chi connectivity index (χ4n) is 4.92. The van der Waals surface area contributed by atoms with E-state index in [-0.39, 0.29) is 29.1 Å². The molecule has 2 heterocycles. The van der Waals surface area contributed by atoms with Crippen LogP contribution in [-0.4, -0.2) is 48.5 Å². The molecule has 214 valence electrons. The summed E-state index contributed by atoms with van der Waals surface area (Å²) >= 11 is 1.48. The van der Waals surface area contributed by atoms with Gasteiger partial charge < -0.3 is 19.2 Å². The van der Waals surface area contributed by atoms with Crippen LogP contribution in [0.5, 0.6) is 0 Å². The van der Waals surface area contributed by atoms with Crippen molar-refractivity contribution < 1.29 is 18.7 Å². The number of fused-ring (bicyclic) bond motifs is 1. The molecule has 0 saturated heterocycles. The topological polar surface area (TPSA) is 95.5 Å². The van der Waals surface area contributed by atoms with Crippen LogP contribution in [0.25, 0.3) is 21.3 Å². The van der Waals surface area contributed by atoms with Crippen LogP contribution in [-0.2, 0) is 25.3 Å².